The first-order valence-corrected chi connectivity index (χ1v) is 16.5. The Balaban J connectivity index is 1.22. The van der Waals surface area contributed by atoms with Gasteiger partial charge in [-0.1, -0.05) is 18.2 Å². The molecule has 2 amide bonds. The van der Waals surface area contributed by atoms with E-state index in [1.165, 1.54) is 6.92 Å². The highest BCUT2D eigenvalue weighted by molar-refractivity contribution is 6.02. The van der Waals surface area contributed by atoms with Crippen molar-refractivity contribution in [3.63, 3.8) is 0 Å². The molecule has 3 atom stereocenters. The summed E-state index contributed by atoms with van der Waals surface area (Å²) in [5, 5.41) is 13.5. The van der Waals surface area contributed by atoms with Crippen LogP contribution in [0.1, 0.15) is 53.3 Å². The number of aryl methyl sites for hydroxylation is 1. The number of carbonyl (C=O) groups is 3. The zero-order chi connectivity index (χ0) is 33.4. The van der Waals surface area contributed by atoms with Gasteiger partial charge in [0.05, 0.1) is 29.6 Å². The van der Waals surface area contributed by atoms with E-state index in [1.807, 2.05) is 46.8 Å². The molecule has 3 aromatic carbocycles. The first-order valence-electron chi connectivity index (χ1n) is 16.5. The van der Waals surface area contributed by atoms with Gasteiger partial charge in [0.25, 0.3) is 5.91 Å². The molecule has 0 unspecified atom stereocenters. The summed E-state index contributed by atoms with van der Waals surface area (Å²) < 4.78 is 10.2. The molecular weight excluding hydrogens is 608 g/mol. The molecule has 48 heavy (non-hydrogen) atoms. The number of fused-ring (bicyclic) bond motifs is 4. The van der Waals surface area contributed by atoms with Crippen LogP contribution in [0.3, 0.4) is 0 Å². The van der Waals surface area contributed by atoms with Gasteiger partial charge in [-0.25, -0.2) is 9.78 Å². The van der Waals surface area contributed by atoms with Gasteiger partial charge in [0.15, 0.2) is 5.82 Å². The highest BCUT2D eigenvalue weighted by Gasteiger charge is 2.47. The van der Waals surface area contributed by atoms with E-state index in [4.69, 9.17) is 15.5 Å². The van der Waals surface area contributed by atoms with Crippen LogP contribution in [0.15, 0.2) is 54.6 Å². The number of amides is 2. The Labute approximate surface area is 277 Å². The maximum atomic E-state index is 13.8. The number of anilines is 1. The molecule has 1 aliphatic heterocycles. The summed E-state index contributed by atoms with van der Waals surface area (Å²) in [5.74, 6) is 0.811. The van der Waals surface area contributed by atoms with Gasteiger partial charge in [0.2, 0.25) is 5.91 Å². The van der Waals surface area contributed by atoms with Crippen molar-refractivity contribution < 1.29 is 24.2 Å². The number of nitrogens with zero attached hydrogens (tertiary/aromatic N) is 4. The van der Waals surface area contributed by atoms with Crippen LogP contribution in [0.4, 0.5) is 5.69 Å². The van der Waals surface area contributed by atoms with Crippen LogP contribution < -0.4 is 15.8 Å². The lowest BCUT2D eigenvalue weighted by atomic mass is 10.0. The minimum absolute atomic E-state index is 0.0309. The molecule has 0 radical (unpaired) electrons. The Morgan fingerprint density at radius 2 is 1.79 bits per heavy atom. The van der Waals surface area contributed by atoms with E-state index in [0.717, 1.165) is 71.3 Å². The smallest absolute Gasteiger partial charge is 0.337 e. The number of nitrogens with one attached hydrogen (secondary N) is 1. The van der Waals surface area contributed by atoms with Crippen LogP contribution in [-0.4, -0.2) is 67.6 Å². The summed E-state index contributed by atoms with van der Waals surface area (Å²) in [5.41, 5.74) is 12.3. The van der Waals surface area contributed by atoms with Crippen molar-refractivity contribution in [2.75, 3.05) is 19.0 Å². The van der Waals surface area contributed by atoms with Gasteiger partial charge in [-0.2, -0.15) is 0 Å². The van der Waals surface area contributed by atoms with Gasteiger partial charge in [-0.3, -0.25) is 9.59 Å². The number of nitrogens with two attached hydrogens (primary N) is 1. The van der Waals surface area contributed by atoms with E-state index in [2.05, 4.69) is 22.0 Å². The van der Waals surface area contributed by atoms with Crippen molar-refractivity contribution in [3.8, 4) is 28.4 Å². The minimum Gasteiger partial charge on any atom is -0.494 e. The summed E-state index contributed by atoms with van der Waals surface area (Å²) in [6.07, 6.45) is 4.34. The van der Waals surface area contributed by atoms with Gasteiger partial charge in [-0.05, 0) is 85.0 Å². The molecule has 2 saturated carbocycles. The molecule has 11 nitrogen and oxygen atoms in total. The Morgan fingerprint density at radius 1 is 1.02 bits per heavy atom. The Kier molecular flexibility index (Phi) is 7.06. The molecule has 0 spiro atoms. The maximum Gasteiger partial charge on any atom is 0.337 e. The molecule has 246 valence electrons. The molecular formula is C37H38N6O5. The number of carboxylic acids is 1. The number of carboxylic acid groups (broad SMARTS) is 1. The fraction of sp³-hybridized carbons (Fsp3) is 0.351. The largest absolute Gasteiger partial charge is 0.494 e. The van der Waals surface area contributed by atoms with Crippen molar-refractivity contribution in [3.05, 3.63) is 65.7 Å². The number of methoxy groups -OCH3 is 1. The minimum atomic E-state index is -1.11. The lowest BCUT2D eigenvalue weighted by Gasteiger charge is -2.27. The topological polar surface area (TPSA) is 145 Å². The number of aromatic nitrogens is 3. The van der Waals surface area contributed by atoms with Crippen molar-refractivity contribution in [2.24, 2.45) is 24.6 Å². The fourth-order valence-corrected chi connectivity index (χ4v) is 7.84. The van der Waals surface area contributed by atoms with E-state index < -0.39 is 5.97 Å². The predicted molar refractivity (Wildman–Crippen MR) is 183 cm³/mol. The number of carbonyl (C=O) groups excluding carboxylic acids is 2. The number of imidazole rings is 1. The normalized spacial score (nSPS) is 20.2. The van der Waals surface area contributed by atoms with Gasteiger partial charge >= 0.3 is 5.97 Å². The lowest BCUT2D eigenvalue weighted by Crippen LogP contribution is -2.41. The average Bonchev–Trinajstić information content (AvgIpc) is 3.47. The Hall–Kier alpha value is -5.16. The average molecular weight is 647 g/mol. The second-order valence-corrected chi connectivity index (χ2v) is 13.6. The predicted octanol–water partition coefficient (Wildman–Crippen LogP) is 5.50. The number of aromatic carboxylic acids is 1. The summed E-state index contributed by atoms with van der Waals surface area (Å²) >= 11 is 0. The number of ether oxygens (including phenoxy) is 1. The van der Waals surface area contributed by atoms with Crippen LogP contribution in [0.2, 0.25) is 0 Å². The summed E-state index contributed by atoms with van der Waals surface area (Å²) in [7, 11) is 3.59. The molecule has 4 N–H and O–H groups in total. The summed E-state index contributed by atoms with van der Waals surface area (Å²) in [6.45, 7) is 2.87. The number of benzene rings is 3. The van der Waals surface area contributed by atoms with E-state index in [-0.39, 0.29) is 35.1 Å². The van der Waals surface area contributed by atoms with Crippen LogP contribution in [0, 0.1) is 11.8 Å². The second-order valence-electron chi connectivity index (χ2n) is 13.6. The van der Waals surface area contributed by atoms with E-state index in [1.54, 1.807) is 19.2 Å². The molecule has 2 aromatic heterocycles. The fourth-order valence-electron chi connectivity index (χ4n) is 7.84. The third kappa shape index (κ3) is 4.92. The number of likely N-dealkylation sites (tertiary alicyclic amines) is 1. The number of hydrogen-bond acceptors (Lipinski definition) is 6. The highest BCUT2D eigenvalue weighted by atomic mass is 16.5. The van der Waals surface area contributed by atoms with Crippen molar-refractivity contribution in [1.82, 2.24) is 19.0 Å². The van der Waals surface area contributed by atoms with Crippen LogP contribution >= 0.6 is 0 Å². The SMILES string of the molecule is COc1cc(C(=O)N2C[C@H]3CC[C@@H]2[C@@H]3N)cc2nc(-c3cc4ccc(-c5ccc(NC(C)=O)c(C(=O)O)c5)cc4n3CC3CC3)n(C)c12. The van der Waals surface area contributed by atoms with Crippen LogP contribution in [0.5, 0.6) is 5.75 Å². The number of rotatable bonds is 8. The molecule has 1 saturated heterocycles. The van der Waals surface area contributed by atoms with Crippen molar-refractivity contribution >= 4 is 45.4 Å². The Morgan fingerprint density at radius 3 is 2.46 bits per heavy atom. The summed E-state index contributed by atoms with van der Waals surface area (Å²) in [6, 6.07) is 17.1. The maximum absolute atomic E-state index is 13.8. The monoisotopic (exact) mass is 646 g/mol. The van der Waals surface area contributed by atoms with Crippen molar-refractivity contribution in [1.29, 1.82) is 0 Å². The third-order valence-electron chi connectivity index (χ3n) is 10.5. The third-order valence-corrected chi connectivity index (χ3v) is 10.5. The molecule has 5 aromatic rings. The highest BCUT2D eigenvalue weighted by Crippen LogP contribution is 2.41. The molecule has 3 aliphatic rings. The zero-order valence-corrected chi connectivity index (χ0v) is 27.2. The van der Waals surface area contributed by atoms with Crippen LogP contribution in [0.25, 0.3) is 44.6 Å². The first kappa shape index (κ1) is 30.2. The standard InChI is InChI=1S/C37H38N6O5/c1-19(44)39-27-10-8-21(12-26(27)37(46)47)22-6-7-23-15-31(42(30(23)14-22)17-20-4-5-20)35-40-28-13-25(16-32(48-3)34(28)41(35)2)36(45)43-18-24-9-11-29(43)33(24)38/h6-8,10,12-16,20,24,29,33H,4-5,9,11,17-18,38H2,1-3H3,(H,39,44)(H,46,47)/t24-,29-,33-/m1/s1. The zero-order valence-electron chi connectivity index (χ0n) is 27.2. The van der Waals surface area contributed by atoms with E-state index in [0.29, 0.717) is 35.2 Å². The van der Waals surface area contributed by atoms with E-state index in [9.17, 15) is 19.5 Å². The van der Waals surface area contributed by atoms with Crippen LogP contribution in [-0.2, 0) is 18.4 Å². The van der Waals surface area contributed by atoms with Gasteiger partial charge in [-0.15, -0.1) is 0 Å². The van der Waals surface area contributed by atoms with Gasteiger partial charge in [0.1, 0.15) is 11.3 Å². The molecule has 2 aliphatic carbocycles. The molecule has 11 heteroatoms. The molecule has 2 bridgehead atoms. The summed E-state index contributed by atoms with van der Waals surface area (Å²) in [4.78, 5) is 44.5. The quantitative estimate of drug-likeness (QED) is 0.202. The molecule has 8 rings (SSSR count). The van der Waals surface area contributed by atoms with Gasteiger partial charge < -0.3 is 34.9 Å². The number of piperidine rings is 1. The van der Waals surface area contributed by atoms with E-state index >= 15 is 0 Å². The second kappa shape index (κ2) is 11.2. The lowest BCUT2D eigenvalue weighted by molar-refractivity contribution is -0.114. The Bertz CT molecular complexity index is 2160. The molecule has 3 fully saturated rings. The first-order chi connectivity index (χ1) is 23.1. The molecule has 3 heterocycles. The van der Waals surface area contributed by atoms with Crippen molar-refractivity contribution in [2.45, 2.75) is 51.2 Å². The van der Waals surface area contributed by atoms with Gasteiger partial charge in [0, 0.05) is 55.6 Å². The number of hydrogen-bond donors (Lipinski definition) is 3.